The summed E-state index contributed by atoms with van der Waals surface area (Å²) in [6.45, 7) is 4.75. The van der Waals surface area contributed by atoms with E-state index < -0.39 is 36.1 Å². The van der Waals surface area contributed by atoms with Crippen molar-refractivity contribution < 1.29 is 37.3 Å². The summed E-state index contributed by atoms with van der Waals surface area (Å²) in [5, 5.41) is 11.5. The van der Waals surface area contributed by atoms with E-state index in [0.717, 1.165) is 32.3 Å². The third kappa shape index (κ3) is 6.49. The molecule has 0 radical (unpaired) electrons. The van der Waals surface area contributed by atoms with Gasteiger partial charge in [0.1, 0.15) is 24.2 Å². The van der Waals surface area contributed by atoms with Crippen LogP contribution in [-0.2, 0) is 9.59 Å². The second kappa shape index (κ2) is 11.1. The van der Waals surface area contributed by atoms with E-state index in [1.54, 1.807) is 11.3 Å². The van der Waals surface area contributed by atoms with E-state index in [9.17, 15) is 27.9 Å². The Bertz CT molecular complexity index is 1340. The van der Waals surface area contributed by atoms with Gasteiger partial charge >= 0.3 is 6.36 Å². The highest BCUT2D eigenvalue weighted by molar-refractivity contribution is 7.18. The topological polar surface area (TPSA) is 95.4 Å². The molecule has 1 unspecified atom stereocenters. The molecule has 1 N–H and O–H groups in total. The summed E-state index contributed by atoms with van der Waals surface area (Å²) in [5.41, 5.74) is 1.07. The molecule has 0 bridgehead atoms. The van der Waals surface area contributed by atoms with Gasteiger partial charge in [0.05, 0.1) is 33.4 Å². The minimum atomic E-state index is -4.83. The van der Waals surface area contributed by atoms with E-state index >= 15 is 0 Å². The van der Waals surface area contributed by atoms with Crippen LogP contribution in [0.15, 0.2) is 42.5 Å². The number of imide groups is 1. The molecular weight excluding hydrogens is 537 g/mol. The fourth-order valence-electron chi connectivity index (χ4n) is 4.88. The lowest BCUT2D eigenvalue weighted by molar-refractivity contribution is -0.274. The number of β-amino-alcohol motifs (C(OH)–C–C–N with tert-alkyl or cyclic N) is 1. The van der Waals surface area contributed by atoms with E-state index in [1.165, 1.54) is 12.1 Å². The smallest absolute Gasteiger partial charge is 0.491 e. The van der Waals surface area contributed by atoms with Crippen molar-refractivity contribution in [3.8, 4) is 11.5 Å². The first-order valence-electron chi connectivity index (χ1n) is 12.4. The average molecular weight is 565 g/mol. The Morgan fingerprint density at radius 2 is 1.77 bits per heavy atom. The van der Waals surface area contributed by atoms with Gasteiger partial charge in [-0.15, -0.1) is 24.5 Å². The van der Waals surface area contributed by atoms with Gasteiger partial charge < -0.3 is 14.6 Å². The Balaban J connectivity index is 1.10. The molecule has 3 heterocycles. The van der Waals surface area contributed by atoms with Gasteiger partial charge in [0, 0.05) is 38.8 Å². The first-order valence-corrected chi connectivity index (χ1v) is 13.2. The van der Waals surface area contributed by atoms with Gasteiger partial charge in [0.2, 0.25) is 5.91 Å². The van der Waals surface area contributed by atoms with Crippen LogP contribution in [0, 0.1) is 6.92 Å². The number of hydrogen-bond donors (Lipinski definition) is 1. The lowest BCUT2D eigenvalue weighted by Crippen LogP contribution is -2.54. The number of hydrogen-bond acceptors (Lipinski definition) is 9. The summed E-state index contributed by atoms with van der Waals surface area (Å²) in [4.78, 5) is 35.2. The molecule has 2 aliphatic heterocycles. The number of carbonyl (C=O) groups excluding carboxylic acids is 2. The predicted molar refractivity (Wildman–Crippen MR) is 138 cm³/mol. The van der Waals surface area contributed by atoms with E-state index in [1.807, 2.05) is 30.0 Å². The average Bonchev–Trinajstić information content (AvgIpc) is 3.40. The Morgan fingerprint density at radius 1 is 1.08 bits per heavy atom. The predicted octanol–water partition coefficient (Wildman–Crippen LogP) is 3.19. The minimum Gasteiger partial charge on any atom is -0.491 e. The Kier molecular flexibility index (Phi) is 7.76. The van der Waals surface area contributed by atoms with Gasteiger partial charge in [-0.1, -0.05) is 0 Å². The minimum absolute atomic E-state index is 0.00104. The molecule has 2 saturated heterocycles. The van der Waals surface area contributed by atoms with Crippen molar-refractivity contribution in [2.24, 2.45) is 0 Å². The molecule has 13 heteroatoms. The van der Waals surface area contributed by atoms with Crippen LogP contribution in [0.25, 0.3) is 10.2 Å². The molecule has 5 rings (SSSR count). The number of fused-ring (bicyclic) bond motifs is 1. The Hall–Kier alpha value is -3.26. The van der Waals surface area contributed by atoms with Crippen molar-refractivity contribution in [3.05, 3.63) is 47.5 Å². The number of aliphatic hydroxyl groups is 1. The number of alkyl halides is 3. The number of benzene rings is 2. The first-order chi connectivity index (χ1) is 18.6. The van der Waals surface area contributed by atoms with Crippen molar-refractivity contribution in [3.63, 3.8) is 0 Å². The standard InChI is InChI=1S/C26H27F3N4O5S/c1-16-30-21-12-20(6-7-23(21)39-16)37-15-18(34)14-31-8-10-32(11-9-31)22-13-24(35)33(25(22)36)17-2-4-19(5-3-17)38-26(27,28)29/h2-7,12,18,22,34H,8-11,13-15H2,1H3/t18-,22?/m1/s1. The molecule has 2 fully saturated rings. The number of rotatable bonds is 8. The summed E-state index contributed by atoms with van der Waals surface area (Å²) in [6.07, 6.45) is -5.54. The molecule has 208 valence electrons. The van der Waals surface area contributed by atoms with Gasteiger partial charge in [-0.05, 0) is 43.3 Å². The summed E-state index contributed by atoms with van der Waals surface area (Å²) >= 11 is 1.61. The molecular formula is C26H27F3N4O5S. The zero-order valence-corrected chi connectivity index (χ0v) is 21.9. The van der Waals surface area contributed by atoms with Crippen molar-refractivity contribution in [2.75, 3.05) is 44.2 Å². The number of aliphatic hydroxyl groups excluding tert-OH is 1. The number of halogens is 3. The normalized spacial score (nSPS) is 20.1. The Morgan fingerprint density at radius 3 is 2.46 bits per heavy atom. The molecule has 2 aliphatic rings. The number of piperazine rings is 1. The van der Waals surface area contributed by atoms with Crippen molar-refractivity contribution >= 4 is 39.1 Å². The van der Waals surface area contributed by atoms with E-state index in [4.69, 9.17) is 4.74 Å². The molecule has 9 nitrogen and oxygen atoms in total. The molecule has 1 aromatic heterocycles. The number of nitrogens with zero attached hydrogens (tertiary/aromatic N) is 4. The van der Waals surface area contributed by atoms with Crippen LogP contribution in [-0.4, -0.2) is 89.5 Å². The second-order valence-corrected chi connectivity index (χ2v) is 10.7. The number of carbonyl (C=O) groups is 2. The summed E-state index contributed by atoms with van der Waals surface area (Å²) in [7, 11) is 0. The lowest BCUT2D eigenvalue weighted by atomic mass is 10.1. The van der Waals surface area contributed by atoms with Gasteiger partial charge in [0.25, 0.3) is 5.91 Å². The fourth-order valence-corrected chi connectivity index (χ4v) is 5.69. The third-order valence-electron chi connectivity index (χ3n) is 6.68. The molecule has 0 spiro atoms. The SMILES string of the molecule is Cc1nc2cc(OC[C@H](O)CN3CCN(C4CC(=O)N(c5ccc(OC(F)(F)F)cc5)C4=O)CC3)ccc2s1. The second-order valence-electron chi connectivity index (χ2n) is 9.49. The summed E-state index contributed by atoms with van der Waals surface area (Å²) < 4.78 is 47.9. The summed E-state index contributed by atoms with van der Waals surface area (Å²) in [5.74, 6) is -0.594. The third-order valence-corrected chi connectivity index (χ3v) is 7.63. The number of aryl methyl sites for hydroxylation is 1. The molecule has 3 aromatic rings. The van der Waals surface area contributed by atoms with E-state index in [2.05, 4.69) is 14.6 Å². The van der Waals surface area contributed by atoms with E-state index in [-0.39, 0.29) is 18.7 Å². The summed E-state index contributed by atoms with van der Waals surface area (Å²) in [6, 6.07) is 9.70. The van der Waals surface area contributed by atoms with Crippen LogP contribution in [0.1, 0.15) is 11.4 Å². The van der Waals surface area contributed by atoms with Crippen molar-refractivity contribution in [2.45, 2.75) is 31.9 Å². The fraction of sp³-hybridized carbons (Fsp3) is 0.423. The maximum absolute atomic E-state index is 13.1. The zero-order valence-electron chi connectivity index (χ0n) is 21.1. The molecule has 0 aliphatic carbocycles. The van der Waals surface area contributed by atoms with Crippen LogP contribution >= 0.6 is 11.3 Å². The van der Waals surface area contributed by atoms with Gasteiger partial charge in [0.15, 0.2) is 0 Å². The molecule has 2 aromatic carbocycles. The van der Waals surface area contributed by atoms with Gasteiger partial charge in [-0.2, -0.15) is 0 Å². The van der Waals surface area contributed by atoms with Crippen LogP contribution in [0.5, 0.6) is 11.5 Å². The number of ether oxygens (including phenoxy) is 2. The highest BCUT2D eigenvalue weighted by Gasteiger charge is 2.43. The maximum Gasteiger partial charge on any atom is 0.573 e. The quantitative estimate of drug-likeness (QED) is 0.417. The largest absolute Gasteiger partial charge is 0.573 e. The Labute approximate surface area is 226 Å². The molecule has 2 amide bonds. The van der Waals surface area contributed by atoms with Gasteiger partial charge in [-0.3, -0.25) is 19.4 Å². The lowest BCUT2D eigenvalue weighted by Gasteiger charge is -2.37. The van der Waals surface area contributed by atoms with Crippen LogP contribution in [0.2, 0.25) is 0 Å². The molecule has 2 atom stereocenters. The molecule has 0 saturated carbocycles. The first kappa shape index (κ1) is 27.3. The highest BCUT2D eigenvalue weighted by atomic mass is 32.1. The van der Waals surface area contributed by atoms with Crippen LogP contribution in [0.3, 0.4) is 0 Å². The van der Waals surface area contributed by atoms with Gasteiger partial charge in [-0.25, -0.2) is 9.88 Å². The number of amides is 2. The van der Waals surface area contributed by atoms with Crippen LogP contribution < -0.4 is 14.4 Å². The molecule has 39 heavy (non-hydrogen) atoms. The number of anilines is 1. The highest BCUT2D eigenvalue weighted by Crippen LogP contribution is 2.30. The maximum atomic E-state index is 13.1. The van der Waals surface area contributed by atoms with E-state index in [0.29, 0.717) is 38.5 Å². The van der Waals surface area contributed by atoms with Crippen LogP contribution in [0.4, 0.5) is 18.9 Å². The number of aromatic nitrogens is 1. The zero-order chi connectivity index (χ0) is 27.7. The van der Waals surface area contributed by atoms with Crippen molar-refractivity contribution in [1.29, 1.82) is 0 Å². The monoisotopic (exact) mass is 564 g/mol. The van der Waals surface area contributed by atoms with Crippen molar-refractivity contribution in [1.82, 2.24) is 14.8 Å². The number of thiazole rings is 1.